The monoisotopic (exact) mass is 360 g/mol. The summed E-state index contributed by atoms with van der Waals surface area (Å²) in [6.07, 6.45) is 3.27. The van der Waals surface area contributed by atoms with Crippen LogP contribution in [0.2, 0.25) is 0 Å². The molecule has 1 saturated heterocycles. The minimum atomic E-state index is -0.732. The zero-order chi connectivity index (χ0) is 19.0. The SMILES string of the molecule is Cc1cc(C(=O)COC(=O)CN2C(=O)[C@H]3CCCC[C@@H]3C2=O)c(C)n1C. The summed E-state index contributed by atoms with van der Waals surface area (Å²) in [5.74, 6) is -2.17. The Bertz CT molecular complexity index is 755. The van der Waals surface area contributed by atoms with Gasteiger partial charge in [-0.15, -0.1) is 0 Å². The third kappa shape index (κ3) is 3.18. The van der Waals surface area contributed by atoms with Crippen LogP contribution in [0, 0.1) is 25.7 Å². The Labute approximate surface area is 152 Å². The third-order valence-corrected chi connectivity index (χ3v) is 5.66. The fourth-order valence-electron chi connectivity index (χ4n) is 3.92. The van der Waals surface area contributed by atoms with Crippen molar-refractivity contribution in [2.45, 2.75) is 39.5 Å². The van der Waals surface area contributed by atoms with E-state index in [1.807, 2.05) is 25.5 Å². The summed E-state index contributed by atoms with van der Waals surface area (Å²) >= 11 is 0. The third-order valence-electron chi connectivity index (χ3n) is 5.66. The number of aromatic nitrogens is 1. The van der Waals surface area contributed by atoms with Crippen LogP contribution in [0.3, 0.4) is 0 Å². The predicted octanol–water partition coefficient (Wildman–Crippen LogP) is 1.54. The Morgan fingerprint density at radius 3 is 2.19 bits per heavy atom. The number of fused-ring (bicyclic) bond motifs is 1. The molecule has 140 valence electrons. The van der Waals surface area contributed by atoms with Crippen LogP contribution in [0.15, 0.2) is 6.07 Å². The summed E-state index contributed by atoms with van der Waals surface area (Å²) in [5.41, 5.74) is 2.25. The molecule has 1 aromatic heterocycles. The van der Waals surface area contributed by atoms with Crippen LogP contribution in [0.4, 0.5) is 0 Å². The summed E-state index contributed by atoms with van der Waals surface area (Å²) in [6.45, 7) is 2.90. The number of likely N-dealkylation sites (tertiary alicyclic amines) is 1. The van der Waals surface area contributed by atoms with Crippen LogP contribution in [0.1, 0.15) is 47.4 Å². The van der Waals surface area contributed by atoms with Crippen molar-refractivity contribution >= 4 is 23.6 Å². The highest BCUT2D eigenvalue weighted by Gasteiger charge is 2.48. The van der Waals surface area contributed by atoms with E-state index in [0.717, 1.165) is 29.1 Å². The molecule has 7 nitrogen and oxygen atoms in total. The number of hydrogen-bond donors (Lipinski definition) is 0. The quantitative estimate of drug-likeness (QED) is 0.452. The second-order valence-electron chi connectivity index (χ2n) is 7.19. The molecule has 2 atom stereocenters. The summed E-state index contributed by atoms with van der Waals surface area (Å²) in [6, 6.07) is 1.75. The number of ketones is 1. The average Bonchev–Trinajstić information content (AvgIpc) is 3.03. The van der Waals surface area contributed by atoms with Gasteiger partial charge in [0.15, 0.2) is 6.61 Å². The Balaban J connectivity index is 1.57. The van der Waals surface area contributed by atoms with Crippen molar-refractivity contribution < 1.29 is 23.9 Å². The molecule has 2 heterocycles. The van der Waals surface area contributed by atoms with Gasteiger partial charge in [0, 0.05) is 24.0 Å². The van der Waals surface area contributed by atoms with Crippen LogP contribution in [0.5, 0.6) is 0 Å². The zero-order valence-corrected chi connectivity index (χ0v) is 15.4. The number of carbonyl (C=O) groups is 4. The fraction of sp³-hybridized carbons (Fsp3) is 0.579. The van der Waals surface area contributed by atoms with E-state index in [4.69, 9.17) is 4.74 Å². The molecule has 0 spiro atoms. The van der Waals surface area contributed by atoms with Gasteiger partial charge in [-0.05, 0) is 32.8 Å². The zero-order valence-electron chi connectivity index (χ0n) is 15.4. The molecule has 2 amide bonds. The number of Topliss-reactive ketones (excluding diaryl/α,β-unsaturated/α-hetero) is 1. The second kappa shape index (κ2) is 7.05. The highest BCUT2D eigenvalue weighted by molar-refractivity contribution is 6.07. The van der Waals surface area contributed by atoms with Gasteiger partial charge >= 0.3 is 5.97 Å². The van der Waals surface area contributed by atoms with Crippen LogP contribution in [-0.4, -0.2) is 46.2 Å². The highest BCUT2D eigenvalue weighted by Crippen LogP contribution is 2.37. The molecule has 26 heavy (non-hydrogen) atoms. The van der Waals surface area contributed by atoms with Gasteiger partial charge < -0.3 is 9.30 Å². The maximum atomic E-state index is 12.4. The topological polar surface area (TPSA) is 85.7 Å². The Hall–Kier alpha value is -2.44. The van der Waals surface area contributed by atoms with E-state index >= 15 is 0 Å². The molecule has 2 aliphatic rings. The predicted molar refractivity (Wildman–Crippen MR) is 92.3 cm³/mol. The first-order valence-corrected chi connectivity index (χ1v) is 8.98. The van der Waals surface area contributed by atoms with Crippen molar-refractivity contribution in [3.63, 3.8) is 0 Å². The molecule has 7 heteroatoms. The summed E-state index contributed by atoms with van der Waals surface area (Å²) in [7, 11) is 1.86. The van der Waals surface area contributed by atoms with E-state index < -0.39 is 19.1 Å². The minimum Gasteiger partial charge on any atom is -0.456 e. The van der Waals surface area contributed by atoms with E-state index in [1.165, 1.54) is 0 Å². The van der Waals surface area contributed by atoms with Crippen LogP contribution < -0.4 is 0 Å². The van der Waals surface area contributed by atoms with E-state index in [2.05, 4.69) is 0 Å². The first kappa shape index (κ1) is 18.4. The van der Waals surface area contributed by atoms with Crippen molar-refractivity contribution in [2.75, 3.05) is 13.2 Å². The smallest absolute Gasteiger partial charge is 0.326 e. The number of rotatable bonds is 5. The Morgan fingerprint density at radius 2 is 1.69 bits per heavy atom. The molecule has 0 radical (unpaired) electrons. The number of imide groups is 1. The standard InChI is InChI=1S/C19H24N2O5/c1-11-8-15(12(2)20(11)3)16(22)10-26-17(23)9-21-18(24)13-6-4-5-7-14(13)19(21)25/h8,13-14H,4-7,9-10H2,1-3H3/t13-,14-/m0/s1. The Morgan fingerprint density at radius 1 is 1.12 bits per heavy atom. The van der Waals surface area contributed by atoms with Crippen molar-refractivity contribution in [1.29, 1.82) is 0 Å². The Kier molecular flexibility index (Phi) is 4.98. The number of aryl methyl sites for hydroxylation is 1. The average molecular weight is 360 g/mol. The van der Waals surface area contributed by atoms with Crippen molar-refractivity contribution in [2.24, 2.45) is 18.9 Å². The number of amides is 2. The minimum absolute atomic E-state index is 0.280. The van der Waals surface area contributed by atoms with Gasteiger partial charge in [-0.3, -0.25) is 24.1 Å². The van der Waals surface area contributed by atoms with Gasteiger partial charge in [0.1, 0.15) is 6.54 Å². The lowest BCUT2D eigenvalue weighted by Crippen LogP contribution is -2.37. The molecule has 0 aromatic carbocycles. The molecule has 2 fully saturated rings. The van der Waals surface area contributed by atoms with Crippen LogP contribution in [-0.2, 0) is 26.2 Å². The highest BCUT2D eigenvalue weighted by atomic mass is 16.5. The molecule has 1 aromatic rings. The first-order chi connectivity index (χ1) is 12.3. The molecular formula is C19H24N2O5. The largest absolute Gasteiger partial charge is 0.456 e. The molecule has 3 rings (SSSR count). The number of carbonyl (C=O) groups excluding carboxylic acids is 4. The molecule has 1 saturated carbocycles. The lowest BCUT2D eigenvalue weighted by Gasteiger charge is -2.19. The lowest BCUT2D eigenvalue weighted by molar-refractivity contribution is -0.152. The van der Waals surface area contributed by atoms with Gasteiger partial charge in [0.2, 0.25) is 17.6 Å². The molecular weight excluding hydrogens is 336 g/mol. The van der Waals surface area contributed by atoms with E-state index in [1.54, 1.807) is 6.07 Å². The van der Waals surface area contributed by atoms with Gasteiger partial charge in [-0.25, -0.2) is 0 Å². The fourth-order valence-corrected chi connectivity index (χ4v) is 3.92. The molecule has 1 aliphatic heterocycles. The van der Waals surface area contributed by atoms with Crippen molar-refractivity contribution in [1.82, 2.24) is 9.47 Å². The van der Waals surface area contributed by atoms with Crippen molar-refractivity contribution in [3.8, 4) is 0 Å². The van der Waals surface area contributed by atoms with E-state index in [0.29, 0.717) is 18.4 Å². The number of hydrogen-bond acceptors (Lipinski definition) is 5. The van der Waals surface area contributed by atoms with Crippen molar-refractivity contribution in [3.05, 3.63) is 23.0 Å². The van der Waals surface area contributed by atoms with E-state index in [9.17, 15) is 19.2 Å². The first-order valence-electron chi connectivity index (χ1n) is 8.98. The van der Waals surface area contributed by atoms with Gasteiger partial charge in [-0.1, -0.05) is 12.8 Å². The maximum Gasteiger partial charge on any atom is 0.326 e. The lowest BCUT2D eigenvalue weighted by atomic mass is 9.81. The number of esters is 1. The molecule has 1 aliphatic carbocycles. The van der Waals surface area contributed by atoms with Gasteiger partial charge in [0.05, 0.1) is 11.8 Å². The van der Waals surface area contributed by atoms with E-state index in [-0.39, 0.29) is 29.4 Å². The number of ether oxygens (including phenoxy) is 1. The van der Waals surface area contributed by atoms with Crippen LogP contribution >= 0.6 is 0 Å². The summed E-state index contributed by atoms with van der Waals surface area (Å²) < 4.78 is 6.92. The summed E-state index contributed by atoms with van der Waals surface area (Å²) in [5, 5.41) is 0. The maximum absolute atomic E-state index is 12.4. The van der Waals surface area contributed by atoms with Gasteiger partial charge in [-0.2, -0.15) is 0 Å². The molecule has 0 N–H and O–H groups in total. The molecule has 0 unspecified atom stereocenters. The van der Waals surface area contributed by atoms with Gasteiger partial charge in [0.25, 0.3) is 0 Å². The second-order valence-corrected chi connectivity index (χ2v) is 7.19. The molecule has 0 bridgehead atoms. The summed E-state index contributed by atoms with van der Waals surface area (Å²) in [4.78, 5) is 50.1. The number of nitrogens with zero attached hydrogens (tertiary/aromatic N) is 2. The van der Waals surface area contributed by atoms with Crippen LogP contribution in [0.25, 0.3) is 0 Å². The normalized spacial score (nSPS) is 22.5.